The summed E-state index contributed by atoms with van der Waals surface area (Å²) >= 11 is 12.2. The topological polar surface area (TPSA) is 75.4 Å². The molecule has 0 bridgehead atoms. The number of rotatable bonds is 4. The molecule has 1 aliphatic rings. The van der Waals surface area contributed by atoms with Gasteiger partial charge < -0.3 is 16.0 Å². The number of likely N-dealkylation sites (tertiary alicyclic amines) is 1. The highest BCUT2D eigenvalue weighted by molar-refractivity contribution is 6.39. The summed E-state index contributed by atoms with van der Waals surface area (Å²) in [7, 11) is 0. The summed E-state index contributed by atoms with van der Waals surface area (Å²) in [6.07, 6.45) is 1.53. The van der Waals surface area contributed by atoms with Crippen molar-refractivity contribution in [3.8, 4) is 0 Å². The Morgan fingerprint density at radius 1 is 1.32 bits per heavy atom. The molecule has 7 heteroatoms. The Balaban J connectivity index is 2.09. The van der Waals surface area contributed by atoms with Gasteiger partial charge in [-0.15, -0.1) is 0 Å². The fourth-order valence-corrected chi connectivity index (χ4v) is 3.13. The minimum Gasteiger partial charge on any atom is -0.355 e. The summed E-state index contributed by atoms with van der Waals surface area (Å²) in [5.74, 6) is -0.509. The number of hydrogen-bond donors (Lipinski definition) is 2. The predicted octanol–water partition coefficient (Wildman–Crippen LogP) is 1.92. The van der Waals surface area contributed by atoms with Gasteiger partial charge in [0.1, 0.15) is 0 Å². The average molecular weight is 344 g/mol. The van der Waals surface area contributed by atoms with Crippen LogP contribution >= 0.6 is 23.2 Å². The molecule has 0 saturated carbocycles. The van der Waals surface area contributed by atoms with Crippen molar-refractivity contribution in [2.45, 2.75) is 12.8 Å². The number of piperidine rings is 1. The largest absolute Gasteiger partial charge is 0.355 e. The SMILES string of the molecule is NCCNC(=O)C1CCCN(C(=O)c2c(Cl)cccc2Cl)C1. The van der Waals surface area contributed by atoms with Crippen molar-refractivity contribution in [1.82, 2.24) is 10.2 Å². The van der Waals surface area contributed by atoms with Gasteiger partial charge in [-0.25, -0.2) is 0 Å². The molecule has 5 nitrogen and oxygen atoms in total. The minimum atomic E-state index is -0.230. The van der Waals surface area contributed by atoms with Gasteiger partial charge in [0.2, 0.25) is 5.91 Å². The first-order valence-corrected chi connectivity index (χ1v) is 8.01. The fraction of sp³-hybridized carbons (Fsp3) is 0.467. The highest BCUT2D eigenvalue weighted by Crippen LogP contribution is 2.27. The molecule has 1 heterocycles. The number of halogens is 2. The van der Waals surface area contributed by atoms with Gasteiger partial charge in [-0.3, -0.25) is 9.59 Å². The number of amides is 2. The van der Waals surface area contributed by atoms with E-state index in [1.54, 1.807) is 23.1 Å². The molecule has 1 fully saturated rings. The lowest BCUT2D eigenvalue weighted by Crippen LogP contribution is -2.46. The molecular formula is C15H19Cl2N3O2. The van der Waals surface area contributed by atoms with Gasteiger partial charge in [-0.05, 0) is 25.0 Å². The van der Waals surface area contributed by atoms with Crippen LogP contribution in [0.1, 0.15) is 23.2 Å². The first-order chi connectivity index (χ1) is 10.5. The van der Waals surface area contributed by atoms with E-state index in [0.29, 0.717) is 41.8 Å². The van der Waals surface area contributed by atoms with Gasteiger partial charge >= 0.3 is 0 Å². The molecule has 1 aromatic rings. The maximum absolute atomic E-state index is 12.6. The quantitative estimate of drug-likeness (QED) is 0.876. The summed E-state index contributed by atoms with van der Waals surface area (Å²) < 4.78 is 0. The van der Waals surface area contributed by atoms with E-state index in [-0.39, 0.29) is 17.7 Å². The third-order valence-corrected chi connectivity index (χ3v) is 4.33. The standard InChI is InChI=1S/C15H19Cl2N3O2/c16-11-4-1-5-12(17)13(11)15(22)20-8-2-3-10(9-20)14(21)19-7-6-18/h1,4-5,10H,2-3,6-9,18H2,(H,19,21). The minimum absolute atomic E-state index is 0.0618. The number of carbonyl (C=O) groups is 2. The predicted molar refractivity (Wildman–Crippen MR) is 87.2 cm³/mol. The Kier molecular flexibility index (Phi) is 6.06. The molecule has 1 aliphatic heterocycles. The van der Waals surface area contributed by atoms with Gasteiger partial charge in [-0.1, -0.05) is 29.3 Å². The van der Waals surface area contributed by atoms with Crippen molar-refractivity contribution in [3.05, 3.63) is 33.8 Å². The molecule has 2 rings (SSSR count). The molecule has 1 unspecified atom stereocenters. The van der Waals surface area contributed by atoms with E-state index in [4.69, 9.17) is 28.9 Å². The van der Waals surface area contributed by atoms with Crippen molar-refractivity contribution in [2.24, 2.45) is 11.7 Å². The van der Waals surface area contributed by atoms with Gasteiger partial charge in [0.15, 0.2) is 0 Å². The summed E-state index contributed by atoms with van der Waals surface area (Å²) in [4.78, 5) is 26.3. The lowest BCUT2D eigenvalue weighted by Gasteiger charge is -2.32. The average Bonchev–Trinajstić information content (AvgIpc) is 2.52. The molecule has 0 spiro atoms. The van der Waals surface area contributed by atoms with E-state index in [9.17, 15) is 9.59 Å². The molecule has 1 saturated heterocycles. The molecular weight excluding hydrogens is 325 g/mol. The van der Waals surface area contributed by atoms with E-state index in [1.807, 2.05) is 0 Å². The Labute approximate surface area is 139 Å². The summed E-state index contributed by atoms with van der Waals surface area (Å²) in [5, 5.41) is 3.42. The van der Waals surface area contributed by atoms with E-state index in [0.717, 1.165) is 12.8 Å². The van der Waals surface area contributed by atoms with Crippen LogP contribution in [0.25, 0.3) is 0 Å². The number of benzene rings is 1. The number of nitrogens with two attached hydrogens (primary N) is 1. The van der Waals surface area contributed by atoms with E-state index in [2.05, 4.69) is 5.32 Å². The van der Waals surface area contributed by atoms with Crippen molar-refractivity contribution >= 4 is 35.0 Å². The summed E-state index contributed by atoms with van der Waals surface area (Å²) in [6.45, 7) is 1.81. The number of carbonyl (C=O) groups excluding carboxylic acids is 2. The van der Waals surface area contributed by atoms with Crippen LogP contribution in [0, 0.1) is 5.92 Å². The van der Waals surface area contributed by atoms with Gasteiger partial charge in [0, 0.05) is 26.2 Å². The van der Waals surface area contributed by atoms with E-state index >= 15 is 0 Å². The molecule has 1 atom stereocenters. The van der Waals surface area contributed by atoms with Gasteiger partial charge in [0.25, 0.3) is 5.91 Å². The molecule has 22 heavy (non-hydrogen) atoms. The monoisotopic (exact) mass is 343 g/mol. The smallest absolute Gasteiger partial charge is 0.256 e. The molecule has 3 N–H and O–H groups in total. The molecule has 0 radical (unpaired) electrons. The second-order valence-electron chi connectivity index (χ2n) is 5.27. The second-order valence-corrected chi connectivity index (χ2v) is 6.08. The van der Waals surface area contributed by atoms with Gasteiger partial charge in [-0.2, -0.15) is 0 Å². The van der Waals surface area contributed by atoms with Crippen LogP contribution in [0.15, 0.2) is 18.2 Å². The Hall–Kier alpha value is -1.30. The van der Waals surface area contributed by atoms with Crippen LogP contribution < -0.4 is 11.1 Å². The van der Waals surface area contributed by atoms with Crippen molar-refractivity contribution in [1.29, 1.82) is 0 Å². The first-order valence-electron chi connectivity index (χ1n) is 7.25. The molecule has 2 amide bonds. The number of hydrogen-bond acceptors (Lipinski definition) is 3. The third kappa shape index (κ3) is 3.91. The summed E-state index contributed by atoms with van der Waals surface area (Å²) in [5.41, 5.74) is 5.68. The number of nitrogens with one attached hydrogen (secondary N) is 1. The van der Waals surface area contributed by atoms with Crippen molar-refractivity contribution < 1.29 is 9.59 Å². The zero-order valence-corrected chi connectivity index (χ0v) is 13.7. The zero-order chi connectivity index (χ0) is 16.1. The molecule has 0 aliphatic carbocycles. The van der Waals surface area contributed by atoms with Crippen LogP contribution in [-0.4, -0.2) is 42.9 Å². The first kappa shape index (κ1) is 17.1. The maximum Gasteiger partial charge on any atom is 0.256 e. The summed E-state index contributed by atoms with van der Waals surface area (Å²) in [6, 6.07) is 4.97. The lowest BCUT2D eigenvalue weighted by atomic mass is 9.96. The molecule has 1 aromatic carbocycles. The molecule has 120 valence electrons. The van der Waals surface area contributed by atoms with Gasteiger partial charge in [0.05, 0.1) is 21.5 Å². The Morgan fingerprint density at radius 3 is 2.64 bits per heavy atom. The maximum atomic E-state index is 12.6. The second kappa shape index (κ2) is 7.81. The van der Waals surface area contributed by atoms with Crippen LogP contribution in [0.5, 0.6) is 0 Å². The third-order valence-electron chi connectivity index (χ3n) is 3.70. The highest BCUT2D eigenvalue weighted by atomic mass is 35.5. The van der Waals surface area contributed by atoms with Crippen LogP contribution in [0.4, 0.5) is 0 Å². The van der Waals surface area contributed by atoms with Crippen LogP contribution in [-0.2, 0) is 4.79 Å². The lowest BCUT2D eigenvalue weighted by molar-refractivity contribution is -0.126. The van der Waals surface area contributed by atoms with E-state index < -0.39 is 0 Å². The van der Waals surface area contributed by atoms with Crippen LogP contribution in [0.2, 0.25) is 10.0 Å². The Morgan fingerprint density at radius 2 is 2.00 bits per heavy atom. The molecule has 0 aromatic heterocycles. The van der Waals surface area contributed by atoms with Crippen molar-refractivity contribution in [2.75, 3.05) is 26.2 Å². The van der Waals surface area contributed by atoms with E-state index in [1.165, 1.54) is 0 Å². The normalized spacial score (nSPS) is 18.1. The Bertz CT molecular complexity index is 545. The van der Waals surface area contributed by atoms with Crippen LogP contribution in [0.3, 0.4) is 0 Å². The van der Waals surface area contributed by atoms with Crippen molar-refractivity contribution in [3.63, 3.8) is 0 Å². The zero-order valence-electron chi connectivity index (χ0n) is 12.1. The number of nitrogens with zero attached hydrogens (tertiary/aromatic N) is 1. The fourth-order valence-electron chi connectivity index (χ4n) is 2.58. The highest BCUT2D eigenvalue weighted by Gasteiger charge is 2.30.